The summed E-state index contributed by atoms with van der Waals surface area (Å²) in [6, 6.07) is 0.0140. The Bertz CT molecular complexity index is 708. The summed E-state index contributed by atoms with van der Waals surface area (Å²) < 4.78 is 25.0. The van der Waals surface area contributed by atoms with E-state index in [2.05, 4.69) is 20.4 Å². The minimum absolute atomic E-state index is 0.0103. The first kappa shape index (κ1) is 14.3. The van der Waals surface area contributed by atoms with Gasteiger partial charge in [-0.15, -0.1) is 5.10 Å². The van der Waals surface area contributed by atoms with Crippen LogP contribution in [0.1, 0.15) is 13.8 Å². The molecule has 0 saturated heterocycles. The Hall–Kier alpha value is -2.16. The Morgan fingerprint density at radius 2 is 2.05 bits per heavy atom. The minimum Gasteiger partial charge on any atom is -0.382 e. The van der Waals surface area contributed by atoms with E-state index in [0.29, 0.717) is 5.82 Å². The van der Waals surface area contributed by atoms with Gasteiger partial charge in [0.05, 0.1) is 6.20 Å². The van der Waals surface area contributed by atoms with E-state index in [1.807, 2.05) is 13.8 Å². The van der Waals surface area contributed by atoms with Gasteiger partial charge in [-0.05, 0) is 13.8 Å². The molecule has 20 heavy (non-hydrogen) atoms. The highest BCUT2D eigenvalue weighted by Crippen LogP contribution is 2.29. The second-order valence-corrected chi connectivity index (χ2v) is 6.56. The number of nitrogens with two attached hydrogens (primary N) is 1. The van der Waals surface area contributed by atoms with Crippen LogP contribution >= 0.6 is 0 Å². The minimum atomic E-state index is -3.52. The van der Waals surface area contributed by atoms with Gasteiger partial charge < -0.3 is 11.1 Å². The lowest BCUT2D eigenvalue weighted by molar-refractivity contribution is 0.602. The summed E-state index contributed by atoms with van der Waals surface area (Å²) in [4.78, 5) is 7.95. The van der Waals surface area contributed by atoms with Crippen LogP contribution in [-0.2, 0) is 9.84 Å². The Balaban J connectivity index is 2.65. The van der Waals surface area contributed by atoms with E-state index in [1.54, 1.807) is 0 Å². The van der Waals surface area contributed by atoms with E-state index in [1.165, 1.54) is 23.3 Å². The molecule has 9 heteroatoms. The standard InChI is InChI=1S/C11H16N6O2S/c1-7(2)15-11-9(20(3,18)19)10(12)17(16-11)8-6-13-4-5-14-8/h4-7H,12H2,1-3H3,(H,15,16). The Labute approximate surface area is 117 Å². The molecule has 0 saturated carbocycles. The van der Waals surface area contributed by atoms with Crippen LogP contribution in [0.15, 0.2) is 23.5 Å². The fourth-order valence-corrected chi connectivity index (χ4v) is 2.64. The van der Waals surface area contributed by atoms with Crippen molar-refractivity contribution in [1.29, 1.82) is 0 Å². The van der Waals surface area contributed by atoms with Gasteiger partial charge in [-0.2, -0.15) is 4.68 Å². The molecule has 0 atom stereocenters. The molecule has 0 fully saturated rings. The zero-order valence-corrected chi connectivity index (χ0v) is 12.2. The second kappa shape index (κ2) is 5.08. The lowest BCUT2D eigenvalue weighted by Crippen LogP contribution is -2.13. The maximum absolute atomic E-state index is 11.9. The average molecular weight is 296 g/mol. The van der Waals surface area contributed by atoms with E-state index in [4.69, 9.17) is 5.73 Å². The molecule has 0 aromatic carbocycles. The quantitative estimate of drug-likeness (QED) is 0.842. The summed E-state index contributed by atoms with van der Waals surface area (Å²) >= 11 is 0. The Morgan fingerprint density at radius 3 is 2.55 bits per heavy atom. The molecule has 0 aliphatic carbocycles. The fourth-order valence-electron chi connectivity index (χ4n) is 1.73. The van der Waals surface area contributed by atoms with Crippen molar-refractivity contribution >= 4 is 21.5 Å². The number of rotatable bonds is 4. The highest BCUT2D eigenvalue weighted by molar-refractivity contribution is 7.91. The molecule has 3 N–H and O–H groups in total. The first-order valence-electron chi connectivity index (χ1n) is 5.92. The molecule has 0 radical (unpaired) electrons. The maximum Gasteiger partial charge on any atom is 0.182 e. The Morgan fingerprint density at radius 1 is 1.35 bits per heavy atom. The topological polar surface area (TPSA) is 116 Å². The second-order valence-electron chi connectivity index (χ2n) is 4.61. The summed E-state index contributed by atoms with van der Waals surface area (Å²) in [5, 5.41) is 7.16. The highest BCUT2D eigenvalue weighted by Gasteiger charge is 2.25. The molecule has 2 aromatic rings. The van der Waals surface area contributed by atoms with Crippen molar-refractivity contribution < 1.29 is 8.42 Å². The first-order valence-corrected chi connectivity index (χ1v) is 7.81. The fraction of sp³-hybridized carbons (Fsp3) is 0.364. The number of aromatic nitrogens is 4. The van der Waals surface area contributed by atoms with Gasteiger partial charge in [-0.1, -0.05) is 0 Å². The number of hydrogen-bond acceptors (Lipinski definition) is 7. The van der Waals surface area contributed by atoms with Crippen molar-refractivity contribution in [2.75, 3.05) is 17.3 Å². The number of nitrogens with one attached hydrogen (secondary N) is 1. The van der Waals surface area contributed by atoms with Gasteiger partial charge in [-0.25, -0.2) is 13.4 Å². The summed E-state index contributed by atoms with van der Waals surface area (Å²) in [5.74, 6) is 0.577. The van der Waals surface area contributed by atoms with E-state index >= 15 is 0 Å². The van der Waals surface area contributed by atoms with Crippen LogP contribution in [0, 0.1) is 0 Å². The van der Waals surface area contributed by atoms with Crippen LogP contribution in [0.3, 0.4) is 0 Å². The molecule has 2 heterocycles. The van der Waals surface area contributed by atoms with Gasteiger partial charge in [0.15, 0.2) is 26.4 Å². The molecule has 2 aromatic heterocycles. The van der Waals surface area contributed by atoms with Crippen LogP contribution in [0.5, 0.6) is 0 Å². The van der Waals surface area contributed by atoms with E-state index < -0.39 is 9.84 Å². The molecular formula is C11H16N6O2S. The third kappa shape index (κ3) is 2.72. The highest BCUT2D eigenvalue weighted by atomic mass is 32.2. The van der Waals surface area contributed by atoms with Crippen LogP contribution in [-0.4, -0.2) is 40.5 Å². The molecule has 0 unspecified atom stereocenters. The number of anilines is 2. The zero-order chi connectivity index (χ0) is 14.9. The number of nitrogens with zero attached hydrogens (tertiary/aromatic N) is 4. The van der Waals surface area contributed by atoms with Gasteiger partial charge in [0.25, 0.3) is 0 Å². The molecule has 2 rings (SSSR count). The van der Waals surface area contributed by atoms with Crippen LogP contribution in [0.25, 0.3) is 5.82 Å². The van der Waals surface area contributed by atoms with Crippen LogP contribution < -0.4 is 11.1 Å². The van der Waals surface area contributed by atoms with Gasteiger partial charge in [0, 0.05) is 24.7 Å². The van der Waals surface area contributed by atoms with Gasteiger partial charge in [0.2, 0.25) is 0 Å². The molecule has 8 nitrogen and oxygen atoms in total. The van der Waals surface area contributed by atoms with Crippen molar-refractivity contribution in [3.63, 3.8) is 0 Å². The van der Waals surface area contributed by atoms with Gasteiger partial charge >= 0.3 is 0 Å². The van der Waals surface area contributed by atoms with E-state index in [0.717, 1.165) is 6.26 Å². The van der Waals surface area contributed by atoms with E-state index in [-0.39, 0.29) is 22.6 Å². The predicted molar refractivity (Wildman–Crippen MR) is 75.4 cm³/mol. The normalized spacial score (nSPS) is 11.8. The number of sulfone groups is 1. The monoisotopic (exact) mass is 296 g/mol. The Kier molecular flexibility index (Phi) is 3.62. The largest absolute Gasteiger partial charge is 0.382 e. The lowest BCUT2D eigenvalue weighted by Gasteiger charge is -2.07. The van der Waals surface area contributed by atoms with Crippen molar-refractivity contribution in [1.82, 2.24) is 19.7 Å². The van der Waals surface area contributed by atoms with Gasteiger partial charge in [-0.3, -0.25) is 4.98 Å². The van der Waals surface area contributed by atoms with Crippen LogP contribution in [0.2, 0.25) is 0 Å². The zero-order valence-electron chi connectivity index (χ0n) is 11.4. The predicted octanol–water partition coefficient (Wildman–Crippen LogP) is 0.468. The SMILES string of the molecule is CC(C)Nc1nn(-c2cnccn2)c(N)c1S(C)(=O)=O. The van der Waals surface area contributed by atoms with Crippen molar-refractivity contribution in [2.45, 2.75) is 24.8 Å². The lowest BCUT2D eigenvalue weighted by atomic mass is 10.4. The molecule has 0 aliphatic rings. The molecule has 0 spiro atoms. The van der Waals surface area contributed by atoms with Crippen LogP contribution in [0.4, 0.5) is 11.6 Å². The smallest absolute Gasteiger partial charge is 0.182 e. The summed E-state index contributed by atoms with van der Waals surface area (Å²) in [5.41, 5.74) is 5.91. The van der Waals surface area contributed by atoms with Crippen molar-refractivity contribution in [3.05, 3.63) is 18.6 Å². The molecule has 0 aliphatic heterocycles. The first-order chi connectivity index (χ1) is 9.30. The van der Waals surface area contributed by atoms with Crippen molar-refractivity contribution in [3.8, 4) is 5.82 Å². The number of nitrogen functional groups attached to an aromatic ring is 1. The van der Waals surface area contributed by atoms with E-state index in [9.17, 15) is 8.42 Å². The molecule has 0 bridgehead atoms. The third-order valence-electron chi connectivity index (χ3n) is 2.44. The maximum atomic E-state index is 11.9. The third-order valence-corrected chi connectivity index (χ3v) is 3.58. The summed E-state index contributed by atoms with van der Waals surface area (Å²) in [6.07, 6.45) is 5.53. The number of hydrogen-bond donors (Lipinski definition) is 2. The average Bonchev–Trinajstić information content (AvgIpc) is 2.66. The summed E-state index contributed by atoms with van der Waals surface area (Å²) in [7, 11) is -3.52. The molecule has 0 amide bonds. The molecular weight excluding hydrogens is 280 g/mol. The summed E-state index contributed by atoms with van der Waals surface area (Å²) in [6.45, 7) is 3.76. The van der Waals surface area contributed by atoms with Gasteiger partial charge in [0.1, 0.15) is 5.82 Å². The van der Waals surface area contributed by atoms with Crippen molar-refractivity contribution in [2.24, 2.45) is 0 Å². The molecule has 108 valence electrons.